The van der Waals surface area contributed by atoms with E-state index in [1.54, 1.807) is 18.2 Å². The maximum absolute atomic E-state index is 12.6. The van der Waals surface area contributed by atoms with Gasteiger partial charge in [-0.3, -0.25) is 9.69 Å². The third kappa shape index (κ3) is 4.39. The van der Waals surface area contributed by atoms with E-state index in [1.807, 2.05) is 6.07 Å². The lowest BCUT2D eigenvalue weighted by atomic mass is 10.1. The van der Waals surface area contributed by atoms with E-state index in [4.69, 9.17) is 26.0 Å². The molecule has 10 heteroatoms. The van der Waals surface area contributed by atoms with Crippen LogP contribution in [0.15, 0.2) is 40.4 Å². The molecule has 1 aliphatic heterocycles. The average molecular weight is 416 g/mol. The van der Waals surface area contributed by atoms with E-state index in [0.29, 0.717) is 16.3 Å². The van der Waals surface area contributed by atoms with Crippen LogP contribution in [0, 0.1) is 11.3 Å². The summed E-state index contributed by atoms with van der Waals surface area (Å²) in [5.74, 6) is -0.741. The van der Waals surface area contributed by atoms with Crippen LogP contribution in [0.25, 0.3) is 6.08 Å². The van der Waals surface area contributed by atoms with Gasteiger partial charge in [0.05, 0.1) is 13.7 Å². The fraction of sp³-hybridized carbons (Fsp3) is 0.158. The Morgan fingerprint density at radius 3 is 2.86 bits per heavy atom. The average Bonchev–Trinajstić information content (AvgIpc) is 3.27. The highest BCUT2D eigenvalue weighted by atomic mass is 35.5. The number of imide groups is 1. The van der Waals surface area contributed by atoms with Crippen molar-refractivity contribution in [3.8, 4) is 11.8 Å². The van der Waals surface area contributed by atoms with Gasteiger partial charge in [-0.25, -0.2) is 9.59 Å². The van der Waals surface area contributed by atoms with Crippen molar-refractivity contribution in [2.24, 2.45) is 0 Å². The molecule has 0 atom stereocenters. The lowest BCUT2D eigenvalue weighted by molar-refractivity contribution is -0.123. The molecule has 0 aliphatic carbocycles. The Labute approximate surface area is 170 Å². The van der Waals surface area contributed by atoms with E-state index in [1.165, 1.54) is 25.3 Å². The van der Waals surface area contributed by atoms with E-state index in [9.17, 15) is 14.4 Å². The largest absolute Gasteiger partial charge is 0.478 e. The normalized spacial score (nSPS) is 14.7. The maximum Gasteiger partial charge on any atom is 0.373 e. The van der Waals surface area contributed by atoms with E-state index < -0.39 is 17.9 Å². The van der Waals surface area contributed by atoms with Crippen LogP contribution in [0.4, 0.5) is 4.79 Å². The van der Waals surface area contributed by atoms with Gasteiger partial charge in [-0.05, 0) is 36.4 Å². The number of rotatable bonds is 6. The quantitative estimate of drug-likeness (QED) is 0.437. The Morgan fingerprint density at radius 1 is 1.34 bits per heavy atom. The summed E-state index contributed by atoms with van der Waals surface area (Å²) >= 11 is 5.99. The fourth-order valence-corrected chi connectivity index (χ4v) is 2.75. The topological polar surface area (TPSA) is 122 Å². The number of amides is 3. The molecule has 0 bridgehead atoms. The number of esters is 1. The van der Waals surface area contributed by atoms with Crippen LogP contribution in [-0.2, 0) is 16.1 Å². The first-order valence-corrected chi connectivity index (χ1v) is 8.61. The summed E-state index contributed by atoms with van der Waals surface area (Å²) in [6.45, 7) is -0.363. The van der Waals surface area contributed by atoms with Gasteiger partial charge < -0.3 is 19.2 Å². The van der Waals surface area contributed by atoms with Gasteiger partial charge in [0, 0.05) is 10.6 Å². The smallest absolute Gasteiger partial charge is 0.373 e. The van der Waals surface area contributed by atoms with E-state index in [-0.39, 0.29) is 30.4 Å². The predicted octanol–water partition coefficient (Wildman–Crippen LogP) is 2.71. The SMILES string of the molecule is COC(=O)c1ccc(CN2C(=O)N/C(=C\c3cc(Cl)ccc3OCC#N)C2=O)o1. The van der Waals surface area contributed by atoms with Crippen molar-refractivity contribution < 1.29 is 28.3 Å². The number of urea groups is 1. The van der Waals surface area contributed by atoms with Crippen molar-refractivity contribution in [1.82, 2.24) is 10.2 Å². The number of hydrogen-bond donors (Lipinski definition) is 1. The van der Waals surface area contributed by atoms with Gasteiger partial charge in [0.2, 0.25) is 5.76 Å². The number of carbonyl (C=O) groups excluding carboxylic acids is 3. The highest BCUT2D eigenvalue weighted by molar-refractivity contribution is 6.30. The molecule has 1 aromatic heterocycles. The van der Waals surface area contributed by atoms with E-state index in [2.05, 4.69) is 10.1 Å². The van der Waals surface area contributed by atoms with Gasteiger partial charge in [0.25, 0.3) is 5.91 Å². The molecule has 1 fully saturated rings. The number of benzene rings is 1. The number of methoxy groups -OCH3 is 1. The molecule has 1 N–H and O–H groups in total. The summed E-state index contributed by atoms with van der Waals surface area (Å²) in [5, 5.41) is 11.5. The molecular weight excluding hydrogens is 402 g/mol. The Hall–Kier alpha value is -3.77. The minimum absolute atomic E-state index is 0.00109. The van der Waals surface area contributed by atoms with E-state index in [0.717, 1.165) is 4.90 Å². The van der Waals surface area contributed by atoms with Gasteiger partial charge in [0.15, 0.2) is 6.61 Å². The summed E-state index contributed by atoms with van der Waals surface area (Å²) < 4.78 is 15.2. The number of halogens is 1. The molecule has 0 saturated carbocycles. The molecular formula is C19H14ClN3O6. The molecule has 1 aliphatic rings. The number of furan rings is 1. The second-order valence-corrected chi connectivity index (χ2v) is 6.20. The molecule has 2 heterocycles. The van der Waals surface area contributed by atoms with Crippen LogP contribution in [0.3, 0.4) is 0 Å². The Kier molecular flexibility index (Phi) is 5.85. The molecule has 9 nitrogen and oxygen atoms in total. The van der Waals surface area contributed by atoms with Crippen LogP contribution in [0.2, 0.25) is 5.02 Å². The zero-order chi connectivity index (χ0) is 21.0. The van der Waals surface area contributed by atoms with Crippen molar-refractivity contribution in [3.05, 3.63) is 58.1 Å². The first-order chi connectivity index (χ1) is 13.9. The standard InChI is InChI=1S/C19H14ClN3O6/c1-27-18(25)16-5-3-13(29-16)10-23-17(24)14(22-19(23)26)9-11-8-12(20)2-4-15(11)28-7-6-21/h2-5,8-9H,7,10H2,1H3,(H,22,26)/b14-9-. The zero-order valence-electron chi connectivity index (χ0n) is 15.1. The van der Waals surface area contributed by atoms with Crippen LogP contribution in [0.1, 0.15) is 21.9 Å². The Bertz CT molecular complexity index is 1050. The van der Waals surface area contributed by atoms with Gasteiger partial charge in [-0.1, -0.05) is 11.6 Å². The van der Waals surface area contributed by atoms with Crippen LogP contribution >= 0.6 is 11.6 Å². The molecule has 0 unspecified atom stereocenters. The van der Waals surface area contributed by atoms with Crippen LogP contribution in [0.5, 0.6) is 5.75 Å². The number of carbonyl (C=O) groups is 3. The van der Waals surface area contributed by atoms with Crippen molar-refractivity contribution >= 4 is 35.6 Å². The lowest BCUT2D eigenvalue weighted by Gasteiger charge is -2.09. The number of ether oxygens (including phenoxy) is 2. The molecule has 3 rings (SSSR count). The summed E-state index contributed by atoms with van der Waals surface area (Å²) in [7, 11) is 1.21. The third-order valence-corrected chi connectivity index (χ3v) is 4.12. The third-order valence-electron chi connectivity index (χ3n) is 3.89. The fourth-order valence-electron chi connectivity index (χ4n) is 2.57. The van der Waals surface area contributed by atoms with Gasteiger partial charge >= 0.3 is 12.0 Å². The summed E-state index contributed by atoms with van der Waals surface area (Å²) in [4.78, 5) is 37.3. The first kappa shape index (κ1) is 20.0. The number of nitrogens with one attached hydrogen (secondary N) is 1. The second kappa shape index (κ2) is 8.50. The second-order valence-electron chi connectivity index (χ2n) is 5.77. The maximum atomic E-state index is 12.6. The van der Waals surface area contributed by atoms with Gasteiger partial charge in [-0.15, -0.1) is 0 Å². The number of hydrogen-bond acceptors (Lipinski definition) is 7. The molecule has 2 aromatic rings. The summed E-state index contributed by atoms with van der Waals surface area (Å²) in [5.41, 5.74) is 0.419. The molecule has 3 amide bonds. The predicted molar refractivity (Wildman–Crippen MR) is 99.7 cm³/mol. The van der Waals surface area contributed by atoms with Crippen molar-refractivity contribution in [3.63, 3.8) is 0 Å². The van der Waals surface area contributed by atoms with E-state index >= 15 is 0 Å². The van der Waals surface area contributed by atoms with Crippen LogP contribution < -0.4 is 10.1 Å². The highest BCUT2D eigenvalue weighted by Crippen LogP contribution is 2.27. The van der Waals surface area contributed by atoms with Crippen molar-refractivity contribution in [1.29, 1.82) is 5.26 Å². The van der Waals surface area contributed by atoms with Gasteiger partial charge in [0.1, 0.15) is 23.3 Å². The molecule has 1 aromatic carbocycles. The molecule has 0 radical (unpaired) electrons. The van der Waals surface area contributed by atoms with Crippen molar-refractivity contribution in [2.75, 3.05) is 13.7 Å². The monoisotopic (exact) mass is 415 g/mol. The summed E-state index contributed by atoms with van der Waals surface area (Å²) in [6.07, 6.45) is 1.40. The van der Waals surface area contributed by atoms with Crippen LogP contribution in [-0.4, -0.2) is 36.5 Å². The first-order valence-electron chi connectivity index (χ1n) is 8.23. The number of nitrogens with zero attached hydrogens (tertiary/aromatic N) is 2. The zero-order valence-corrected chi connectivity index (χ0v) is 15.9. The molecule has 29 heavy (non-hydrogen) atoms. The molecule has 0 spiro atoms. The number of nitriles is 1. The van der Waals surface area contributed by atoms with Gasteiger partial charge in [-0.2, -0.15) is 5.26 Å². The summed E-state index contributed by atoms with van der Waals surface area (Å²) in [6, 6.07) is 8.73. The minimum Gasteiger partial charge on any atom is -0.478 e. The minimum atomic E-state index is -0.667. The van der Waals surface area contributed by atoms with Crippen molar-refractivity contribution in [2.45, 2.75) is 6.54 Å². The highest BCUT2D eigenvalue weighted by Gasteiger charge is 2.34. The molecule has 1 saturated heterocycles. The Balaban J connectivity index is 1.82. The Morgan fingerprint density at radius 2 is 2.14 bits per heavy atom. The lowest BCUT2D eigenvalue weighted by Crippen LogP contribution is -2.30. The molecule has 148 valence electrons.